The van der Waals surface area contributed by atoms with Gasteiger partial charge in [-0.2, -0.15) is 0 Å². The average Bonchev–Trinajstić information content (AvgIpc) is 2.91. The second-order valence-corrected chi connectivity index (χ2v) is 7.61. The molecular formula is C19H23N3O4. The molecular weight excluding hydrogens is 334 g/mol. The molecule has 0 aromatic heterocycles. The highest BCUT2D eigenvalue weighted by Gasteiger charge is 2.42. The Morgan fingerprint density at radius 1 is 1.27 bits per heavy atom. The predicted octanol–water partition coefficient (Wildman–Crippen LogP) is 1.79. The lowest BCUT2D eigenvalue weighted by atomic mass is 9.95. The number of urea groups is 1. The normalized spacial score (nSPS) is 19.8. The van der Waals surface area contributed by atoms with Gasteiger partial charge in [0.2, 0.25) is 5.91 Å². The van der Waals surface area contributed by atoms with E-state index in [9.17, 15) is 14.4 Å². The van der Waals surface area contributed by atoms with Crippen LogP contribution in [0.25, 0.3) is 0 Å². The van der Waals surface area contributed by atoms with Gasteiger partial charge in [-0.15, -0.1) is 0 Å². The lowest BCUT2D eigenvalue weighted by Crippen LogP contribution is -2.52. The summed E-state index contributed by atoms with van der Waals surface area (Å²) in [5, 5.41) is 5.64. The van der Waals surface area contributed by atoms with Gasteiger partial charge in [0, 0.05) is 5.54 Å². The average molecular weight is 357 g/mol. The van der Waals surface area contributed by atoms with Crippen molar-refractivity contribution in [1.82, 2.24) is 15.5 Å². The number of aryl methyl sites for hydroxylation is 1. The van der Waals surface area contributed by atoms with Crippen molar-refractivity contribution < 1.29 is 19.1 Å². The van der Waals surface area contributed by atoms with Crippen molar-refractivity contribution in [3.63, 3.8) is 0 Å². The van der Waals surface area contributed by atoms with Crippen LogP contribution >= 0.6 is 0 Å². The molecule has 0 aliphatic carbocycles. The van der Waals surface area contributed by atoms with Crippen molar-refractivity contribution in [2.45, 2.75) is 39.3 Å². The Balaban J connectivity index is 1.91. The Morgan fingerprint density at radius 2 is 1.92 bits per heavy atom. The van der Waals surface area contributed by atoms with Crippen molar-refractivity contribution in [3.8, 4) is 0 Å². The quantitative estimate of drug-likeness (QED) is 0.808. The third kappa shape index (κ3) is 3.56. The minimum absolute atomic E-state index is 0.00720. The Kier molecular flexibility index (Phi) is 4.48. The number of hydrogen-bond donors (Lipinski definition) is 2. The number of amides is 3. The van der Waals surface area contributed by atoms with Crippen molar-refractivity contribution in [2.75, 3.05) is 13.2 Å². The van der Waals surface area contributed by atoms with Crippen LogP contribution in [0.15, 0.2) is 35.5 Å². The van der Waals surface area contributed by atoms with Crippen LogP contribution in [0.4, 0.5) is 4.79 Å². The first-order valence-electron chi connectivity index (χ1n) is 8.51. The van der Waals surface area contributed by atoms with Gasteiger partial charge in [-0.25, -0.2) is 9.59 Å². The van der Waals surface area contributed by atoms with Crippen molar-refractivity contribution in [1.29, 1.82) is 0 Å². The summed E-state index contributed by atoms with van der Waals surface area (Å²) < 4.78 is 5.16. The van der Waals surface area contributed by atoms with Gasteiger partial charge in [-0.1, -0.05) is 29.8 Å². The highest BCUT2D eigenvalue weighted by atomic mass is 16.5. The van der Waals surface area contributed by atoms with Crippen LogP contribution in [0.2, 0.25) is 0 Å². The van der Waals surface area contributed by atoms with E-state index in [0.29, 0.717) is 11.3 Å². The minimum Gasteiger partial charge on any atom is -0.456 e. The van der Waals surface area contributed by atoms with Crippen LogP contribution < -0.4 is 10.6 Å². The van der Waals surface area contributed by atoms with Gasteiger partial charge in [0.25, 0.3) is 0 Å². The molecule has 2 aliphatic heterocycles. The van der Waals surface area contributed by atoms with Gasteiger partial charge in [-0.3, -0.25) is 9.69 Å². The number of ether oxygens (including phenoxy) is 1. The van der Waals surface area contributed by atoms with Crippen LogP contribution in [0.1, 0.15) is 37.9 Å². The number of carbonyl (C=O) groups is 3. The van der Waals surface area contributed by atoms with E-state index < -0.39 is 23.6 Å². The van der Waals surface area contributed by atoms with E-state index in [2.05, 4.69) is 10.6 Å². The molecule has 3 amide bonds. The highest BCUT2D eigenvalue weighted by Crippen LogP contribution is 2.34. The Hall–Kier alpha value is -2.83. The molecule has 0 radical (unpaired) electrons. The fraction of sp³-hybridized carbons (Fsp3) is 0.421. The summed E-state index contributed by atoms with van der Waals surface area (Å²) in [7, 11) is 0. The largest absolute Gasteiger partial charge is 0.456 e. The SMILES string of the molecule is Cc1ccc([C@@H]2NC(=O)N(CC(=O)NC(C)(C)C)C3=C2C(=O)OC3)cc1. The van der Waals surface area contributed by atoms with Gasteiger partial charge in [-0.05, 0) is 33.3 Å². The van der Waals surface area contributed by atoms with Crippen LogP contribution in [0, 0.1) is 6.92 Å². The second-order valence-electron chi connectivity index (χ2n) is 7.61. The fourth-order valence-corrected chi connectivity index (χ4v) is 3.09. The number of esters is 1. The monoisotopic (exact) mass is 357 g/mol. The highest BCUT2D eigenvalue weighted by molar-refractivity contribution is 5.98. The van der Waals surface area contributed by atoms with Gasteiger partial charge < -0.3 is 15.4 Å². The fourth-order valence-electron chi connectivity index (χ4n) is 3.09. The number of cyclic esters (lactones) is 1. The minimum atomic E-state index is -0.574. The molecule has 7 nitrogen and oxygen atoms in total. The first-order valence-corrected chi connectivity index (χ1v) is 8.51. The van der Waals surface area contributed by atoms with E-state index in [0.717, 1.165) is 11.1 Å². The summed E-state index contributed by atoms with van der Waals surface area (Å²) in [5.74, 6) is -0.764. The molecule has 26 heavy (non-hydrogen) atoms. The molecule has 0 saturated heterocycles. The standard InChI is InChI=1S/C19H23N3O4/c1-11-5-7-12(8-6-11)16-15-13(10-26-17(15)24)22(18(25)20-16)9-14(23)21-19(2,3)4/h5-8,16H,9-10H2,1-4H3,(H,20,25)(H,21,23)/t16-/m0/s1. The number of nitrogens with zero attached hydrogens (tertiary/aromatic N) is 1. The van der Waals surface area contributed by atoms with Crippen LogP contribution in [0.3, 0.4) is 0 Å². The Labute approximate surface area is 152 Å². The maximum absolute atomic E-state index is 12.6. The van der Waals surface area contributed by atoms with E-state index in [1.807, 2.05) is 52.0 Å². The Morgan fingerprint density at radius 3 is 2.54 bits per heavy atom. The molecule has 0 fully saturated rings. The number of nitrogens with one attached hydrogen (secondary N) is 2. The van der Waals surface area contributed by atoms with E-state index in [1.54, 1.807) is 0 Å². The second kappa shape index (κ2) is 6.48. The lowest BCUT2D eigenvalue weighted by Gasteiger charge is -2.33. The van der Waals surface area contributed by atoms with Crippen molar-refractivity contribution >= 4 is 17.9 Å². The van der Waals surface area contributed by atoms with E-state index >= 15 is 0 Å². The summed E-state index contributed by atoms with van der Waals surface area (Å²) in [6.07, 6.45) is 0. The van der Waals surface area contributed by atoms with E-state index in [1.165, 1.54) is 4.90 Å². The van der Waals surface area contributed by atoms with Gasteiger partial charge in [0.05, 0.1) is 17.3 Å². The molecule has 2 N–H and O–H groups in total. The summed E-state index contributed by atoms with van der Waals surface area (Å²) in [4.78, 5) is 38.4. The van der Waals surface area contributed by atoms with Crippen LogP contribution in [0.5, 0.6) is 0 Å². The molecule has 7 heteroatoms. The summed E-state index contributed by atoms with van der Waals surface area (Å²) >= 11 is 0. The van der Waals surface area contributed by atoms with E-state index in [4.69, 9.17) is 4.74 Å². The van der Waals surface area contributed by atoms with E-state index in [-0.39, 0.29) is 19.1 Å². The number of carbonyl (C=O) groups excluding carboxylic acids is 3. The molecule has 2 heterocycles. The first-order chi connectivity index (χ1) is 12.2. The molecule has 0 spiro atoms. The molecule has 0 saturated carbocycles. The molecule has 0 bridgehead atoms. The summed E-state index contributed by atoms with van der Waals surface area (Å²) in [6.45, 7) is 7.38. The number of rotatable bonds is 3. The molecule has 2 aliphatic rings. The maximum atomic E-state index is 12.6. The molecule has 3 rings (SSSR count). The van der Waals surface area contributed by atoms with Crippen LogP contribution in [-0.4, -0.2) is 41.5 Å². The molecule has 1 aromatic rings. The molecule has 1 atom stereocenters. The topological polar surface area (TPSA) is 87.7 Å². The smallest absolute Gasteiger partial charge is 0.338 e. The zero-order valence-corrected chi connectivity index (χ0v) is 15.4. The van der Waals surface area contributed by atoms with Crippen molar-refractivity contribution in [3.05, 3.63) is 46.7 Å². The molecule has 138 valence electrons. The van der Waals surface area contributed by atoms with Gasteiger partial charge >= 0.3 is 12.0 Å². The summed E-state index contributed by atoms with van der Waals surface area (Å²) in [5.41, 5.74) is 2.31. The summed E-state index contributed by atoms with van der Waals surface area (Å²) in [6, 6.07) is 6.60. The number of benzene rings is 1. The van der Waals surface area contributed by atoms with Gasteiger partial charge in [0.1, 0.15) is 13.2 Å². The zero-order valence-electron chi connectivity index (χ0n) is 15.4. The third-order valence-electron chi connectivity index (χ3n) is 4.23. The zero-order chi connectivity index (χ0) is 19.1. The van der Waals surface area contributed by atoms with Crippen LogP contribution in [-0.2, 0) is 14.3 Å². The molecule has 0 unspecified atom stereocenters. The molecule has 1 aromatic carbocycles. The predicted molar refractivity (Wildman–Crippen MR) is 95.0 cm³/mol. The number of hydrogen-bond acceptors (Lipinski definition) is 4. The first kappa shape index (κ1) is 18.0. The maximum Gasteiger partial charge on any atom is 0.338 e. The Bertz CT molecular complexity index is 790. The van der Waals surface area contributed by atoms with Gasteiger partial charge in [0.15, 0.2) is 0 Å². The lowest BCUT2D eigenvalue weighted by molar-refractivity contribution is -0.136. The van der Waals surface area contributed by atoms with Crippen molar-refractivity contribution in [2.24, 2.45) is 0 Å². The third-order valence-corrected chi connectivity index (χ3v) is 4.23.